The number of aliphatic hydroxyl groups is 1. The van der Waals surface area contributed by atoms with Crippen molar-refractivity contribution in [2.75, 3.05) is 27.2 Å². The topological polar surface area (TPSA) is 349 Å². The van der Waals surface area contributed by atoms with Gasteiger partial charge in [0.25, 0.3) is 23.6 Å². The number of carbonyl (C=O) groups is 7. The molecule has 9 heterocycles. The predicted molar refractivity (Wildman–Crippen MR) is 314 cm³/mol. The van der Waals surface area contributed by atoms with Gasteiger partial charge in [-0.2, -0.15) is 0 Å². The Hall–Kier alpha value is -8.43. The van der Waals surface area contributed by atoms with Crippen LogP contribution in [-0.4, -0.2) is 123 Å². The van der Waals surface area contributed by atoms with Crippen LogP contribution in [0.5, 0.6) is 0 Å². The Morgan fingerprint density at radius 2 is 1.46 bits per heavy atom. The van der Waals surface area contributed by atoms with E-state index in [0.717, 1.165) is 34.0 Å². The zero-order valence-electron chi connectivity index (χ0n) is 44.9. The molecule has 6 amide bonds. The van der Waals surface area contributed by atoms with Crippen LogP contribution in [0.3, 0.4) is 0 Å². The number of amides is 6. The third-order valence-corrected chi connectivity index (χ3v) is 18.4. The molecule has 8 N–H and O–H groups in total. The smallest absolute Gasteiger partial charge is 0.322 e. The van der Waals surface area contributed by atoms with Crippen LogP contribution in [0.4, 0.5) is 0 Å². The summed E-state index contributed by atoms with van der Waals surface area (Å²) in [6.07, 6.45) is 1.28. The number of aryl methyl sites for hydroxylation is 1. The standard InChI is InChI=1S/C53H49N15O10S6/c1-23(2)38-53-67-41(33(84-53)17-78-5)46(76)55-14-36(70)64-42(43(73)25-9-7-6-8-10-25)52-62-32(20-81-52)50-60-30(18-80-50)40-26(11-12-27(58-40)49-63-34(21-82-49)68-16-29(57-22-68)44(74)56-15-37(71)72)48-61-31(19-79-48)45(75)59-28(13-35(69)54-4)51-66-39(24(3)83-51)47(77)65-38/h6-12,16,18-23,28,38,42-43,73H,13-15,17H2,1-5H3,(H,54,69)(H,55,76)(H,56,74)(H,59,75)(H,64,70)(H,65,77)(H,71,72)/t28-,38-,42-,43-/m0/s1. The normalized spacial score (nSPS) is 16.2. The van der Waals surface area contributed by atoms with Gasteiger partial charge in [0.15, 0.2) is 0 Å². The van der Waals surface area contributed by atoms with Crippen molar-refractivity contribution in [3.05, 3.63) is 130 Å². The lowest BCUT2D eigenvalue weighted by Gasteiger charge is -2.23. The van der Waals surface area contributed by atoms with Crippen LogP contribution in [-0.2, 0) is 25.7 Å². The summed E-state index contributed by atoms with van der Waals surface area (Å²) in [7, 11) is 2.93. The van der Waals surface area contributed by atoms with Crippen molar-refractivity contribution in [2.45, 2.75) is 58.0 Å². The van der Waals surface area contributed by atoms with Gasteiger partial charge < -0.3 is 46.9 Å². The highest BCUT2D eigenvalue weighted by atomic mass is 32.1. The lowest BCUT2D eigenvalue weighted by molar-refractivity contribution is -0.135. The van der Waals surface area contributed by atoms with Gasteiger partial charge in [-0.25, -0.2) is 39.9 Å². The van der Waals surface area contributed by atoms with Gasteiger partial charge in [-0.3, -0.25) is 38.1 Å². The number of aliphatic hydroxyl groups excluding tert-OH is 1. The van der Waals surface area contributed by atoms with Crippen molar-refractivity contribution < 1.29 is 48.5 Å². The Balaban J connectivity index is 1.05. The molecule has 10 rings (SSSR count). The van der Waals surface area contributed by atoms with Gasteiger partial charge >= 0.3 is 5.97 Å². The molecule has 84 heavy (non-hydrogen) atoms. The van der Waals surface area contributed by atoms with E-state index in [4.69, 9.17) is 34.8 Å². The summed E-state index contributed by atoms with van der Waals surface area (Å²) in [5, 5.41) is 46.4. The number of methoxy groups -OCH3 is 1. The van der Waals surface area contributed by atoms with Crippen molar-refractivity contribution in [2.24, 2.45) is 5.92 Å². The van der Waals surface area contributed by atoms with Gasteiger partial charge in [0.05, 0.1) is 42.2 Å². The molecule has 1 aromatic carbocycles. The van der Waals surface area contributed by atoms with E-state index in [2.05, 4.69) is 46.9 Å². The van der Waals surface area contributed by atoms with Crippen molar-refractivity contribution in [1.29, 1.82) is 0 Å². The molecule has 0 unspecified atom stereocenters. The second kappa shape index (κ2) is 25.6. The number of nitrogens with zero attached hydrogens (tertiary/aromatic N) is 9. The van der Waals surface area contributed by atoms with Crippen LogP contribution in [0.15, 0.2) is 76.5 Å². The molecule has 9 aromatic rings. The number of carboxylic acid groups (broad SMARTS) is 1. The van der Waals surface area contributed by atoms with Crippen LogP contribution in [0.2, 0.25) is 0 Å². The first-order chi connectivity index (χ1) is 40.4. The van der Waals surface area contributed by atoms with Crippen LogP contribution < -0.4 is 31.9 Å². The van der Waals surface area contributed by atoms with Crippen LogP contribution in [0, 0.1) is 12.8 Å². The molecule has 0 saturated heterocycles. The second-order valence-corrected chi connectivity index (χ2v) is 24.7. The van der Waals surface area contributed by atoms with Gasteiger partial charge in [0.1, 0.15) is 101 Å². The number of pyridine rings is 1. The van der Waals surface area contributed by atoms with E-state index in [9.17, 15) is 38.7 Å². The summed E-state index contributed by atoms with van der Waals surface area (Å²) >= 11 is 7.15. The number of carboxylic acids is 1. The van der Waals surface area contributed by atoms with Gasteiger partial charge in [0.2, 0.25) is 11.8 Å². The van der Waals surface area contributed by atoms with E-state index in [1.807, 2.05) is 13.8 Å². The largest absolute Gasteiger partial charge is 0.480 e. The fraction of sp³-hybridized carbons (Fsp3) is 0.264. The number of thiazole rings is 6. The molecule has 31 heteroatoms. The van der Waals surface area contributed by atoms with E-state index in [-0.39, 0.29) is 46.7 Å². The summed E-state index contributed by atoms with van der Waals surface area (Å²) < 4.78 is 6.96. The predicted octanol–water partition coefficient (Wildman–Crippen LogP) is 6.31. The van der Waals surface area contributed by atoms with Gasteiger partial charge in [-0.1, -0.05) is 44.2 Å². The lowest BCUT2D eigenvalue weighted by atomic mass is 10.0. The molecular weight excluding hydrogens is 1200 g/mol. The molecule has 1 aliphatic rings. The highest BCUT2D eigenvalue weighted by Crippen LogP contribution is 2.40. The Morgan fingerprint density at radius 1 is 0.738 bits per heavy atom. The Morgan fingerprint density at radius 3 is 2.23 bits per heavy atom. The molecule has 432 valence electrons. The van der Waals surface area contributed by atoms with Crippen LogP contribution >= 0.6 is 68.0 Å². The average molecular weight is 1250 g/mol. The third kappa shape index (κ3) is 13.0. The van der Waals surface area contributed by atoms with E-state index in [1.165, 1.54) is 65.3 Å². The van der Waals surface area contributed by atoms with Crippen molar-refractivity contribution in [3.8, 4) is 49.2 Å². The minimum absolute atomic E-state index is 0.00364. The minimum atomic E-state index is -1.29. The lowest BCUT2D eigenvalue weighted by Crippen LogP contribution is -2.40. The highest BCUT2D eigenvalue weighted by Gasteiger charge is 2.33. The first-order valence-corrected chi connectivity index (χ1v) is 30.6. The molecule has 0 saturated carbocycles. The molecule has 0 radical (unpaired) electrons. The van der Waals surface area contributed by atoms with Gasteiger partial charge in [0, 0.05) is 52.3 Å². The number of fused-ring (bicyclic) bond motifs is 14. The number of ether oxygens (including phenoxy) is 1. The Labute approximate surface area is 501 Å². The fourth-order valence-electron chi connectivity index (χ4n) is 8.51. The maximum atomic E-state index is 14.3. The Bertz CT molecular complexity index is 3960. The van der Waals surface area contributed by atoms with Crippen LogP contribution in [0.1, 0.15) is 117 Å². The van der Waals surface area contributed by atoms with Gasteiger partial charge in [-0.15, -0.1) is 68.0 Å². The van der Waals surface area contributed by atoms with Crippen molar-refractivity contribution in [1.82, 2.24) is 76.3 Å². The Kier molecular flexibility index (Phi) is 17.9. The van der Waals surface area contributed by atoms with E-state index in [1.54, 1.807) is 70.9 Å². The van der Waals surface area contributed by atoms with Crippen molar-refractivity contribution >= 4 is 109 Å². The minimum Gasteiger partial charge on any atom is -0.480 e. The summed E-state index contributed by atoms with van der Waals surface area (Å²) in [6, 6.07) is 9.43. The number of nitrogens with one attached hydrogen (secondary N) is 6. The zero-order chi connectivity index (χ0) is 59.3. The maximum Gasteiger partial charge on any atom is 0.322 e. The maximum absolute atomic E-state index is 14.3. The third-order valence-electron chi connectivity index (χ3n) is 12.7. The molecular formula is C53H49N15O10S6. The number of hydrogen-bond acceptors (Lipinski definition) is 23. The number of benzene rings is 1. The molecule has 0 spiro atoms. The van der Waals surface area contributed by atoms with Crippen LogP contribution in [0.25, 0.3) is 49.2 Å². The first kappa shape index (κ1) is 58.8. The highest BCUT2D eigenvalue weighted by molar-refractivity contribution is 7.15. The number of carbonyl (C=O) groups excluding carboxylic acids is 6. The summed E-state index contributed by atoms with van der Waals surface area (Å²) in [5.41, 5.74) is 2.61. The second-order valence-electron chi connectivity index (χ2n) is 18.9. The quantitative estimate of drug-likeness (QED) is 0.0664. The SMILES string of the molecule is CNC(=O)C[C@@H]1NC(=O)c2csc(n2)-c2ccc(-c3nc(-n4cnc(C(=O)NCC(=O)O)c4)cs3)nc2-c2csc(n2)-c2csc(n2)[C@H]([C@@H](O)c2ccccc2)NC(=O)CNC(=O)c2nc(sc2COC)[C@H](C(C)C)NC(=O)c2nc1sc2C. The van der Waals surface area contributed by atoms with E-state index in [0.29, 0.717) is 74.5 Å². The average Bonchev–Trinajstić information content (AvgIpc) is 4.56. The molecule has 0 fully saturated rings. The van der Waals surface area contributed by atoms with Crippen molar-refractivity contribution in [3.63, 3.8) is 0 Å². The molecule has 8 aromatic heterocycles. The number of aromatic nitrogens is 9. The zero-order valence-corrected chi connectivity index (χ0v) is 49.8. The summed E-state index contributed by atoms with van der Waals surface area (Å²) in [4.78, 5) is 132. The first-order valence-electron chi connectivity index (χ1n) is 25.4. The molecule has 4 atom stereocenters. The molecule has 1 aliphatic heterocycles. The number of imidazole rings is 1. The number of rotatable bonds is 12. The monoisotopic (exact) mass is 1250 g/mol. The fourth-order valence-corrected chi connectivity index (χ4v) is 14.1. The molecule has 10 bridgehead atoms. The molecule has 0 aliphatic carbocycles. The summed E-state index contributed by atoms with van der Waals surface area (Å²) in [5.74, 6) is -4.66. The summed E-state index contributed by atoms with van der Waals surface area (Å²) in [6.45, 7) is 4.35. The number of hydrogen-bond donors (Lipinski definition) is 8. The number of aliphatic carboxylic acids is 1. The van der Waals surface area contributed by atoms with Gasteiger partial charge in [-0.05, 0) is 30.5 Å². The van der Waals surface area contributed by atoms with E-state index < -0.39 is 78.7 Å². The molecule has 25 nitrogen and oxygen atoms in total. The van der Waals surface area contributed by atoms with E-state index >= 15 is 0 Å².